The first kappa shape index (κ1) is 22.2. The van der Waals surface area contributed by atoms with E-state index in [4.69, 9.17) is 9.47 Å². The van der Waals surface area contributed by atoms with E-state index in [9.17, 15) is 8.42 Å². The van der Waals surface area contributed by atoms with Gasteiger partial charge in [-0.3, -0.25) is 4.99 Å². The summed E-state index contributed by atoms with van der Waals surface area (Å²) in [6.45, 7) is 5.32. The molecule has 0 aromatic carbocycles. The Bertz CT molecular complexity index is 461. The maximum atomic E-state index is 11.0. The Morgan fingerprint density at radius 2 is 1.80 bits per heavy atom. The molecular formula is C17H35N3O4S. The second-order valence-electron chi connectivity index (χ2n) is 6.41. The molecule has 8 heteroatoms. The second-order valence-corrected chi connectivity index (χ2v) is 8.67. The van der Waals surface area contributed by atoms with Gasteiger partial charge in [-0.25, -0.2) is 8.42 Å². The molecule has 0 amide bonds. The molecular weight excluding hydrogens is 342 g/mol. The van der Waals surface area contributed by atoms with Gasteiger partial charge in [0.25, 0.3) is 0 Å². The summed E-state index contributed by atoms with van der Waals surface area (Å²) >= 11 is 0. The molecule has 0 radical (unpaired) electrons. The van der Waals surface area contributed by atoms with Crippen LogP contribution in [0, 0.1) is 0 Å². The van der Waals surface area contributed by atoms with E-state index in [0.29, 0.717) is 32.4 Å². The predicted molar refractivity (Wildman–Crippen MR) is 102 cm³/mol. The molecule has 25 heavy (non-hydrogen) atoms. The van der Waals surface area contributed by atoms with Gasteiger partial charge >= 0.3 is 0 Å². The van der Waals surface area contributed by atoms with Crippen molar-refractivity contribution < 1.29 is 17.9 Å². The van der Waals surface area contributed by atoms with Crippen LogP contribution in [0.5, 0.6) is 0 Å². The molecule has 0 spiro atoms. The average molecular weight is 378 g/mol. The van der Waals surface area contributed by atoms with Crippen molar-refractivity contribution in [2.45, 2.75) is 51.6 Å². The molecule has 0 saturated heterocycles. The minimum atomic E-state index is -2.96. The number of rotatable bonds is 11. The SMILES string of the molecule is CCNC(=NCCOC1CCCCCC1)NCCOCCS(C)(=O)=O. The van der Waals surface area contributed by atoms with Crippen LogP contribution in [0.2, 0.25) is 0 Å². The van der Waals surface area contributed by atoms with E-state index < -0.39 is 9.84 Å². The quantitative estimate of drug-likeness (QED) is 0.244. The summed E-state index contributed by atoms with van der Waals surface area (Å²) in [6.07, 6.45) is 9.17. The number of hydrogen-bond acceptors (Lipinski definition) is 5. The number of sulfone groups is 1. The van der Waals surface area contributed by atoms with Crippen LogP contribution in [0.4, 0.5) is 0 Å². The summed E-state index contributed by atoms with van der Waals surface area (Å²) in [4.78, 5) is 4.50. The van der Waals surface area contributed by atoms with Gasteiger partial charge in [0.1, 0.15) is 9.84 Å². The van der Waals surface area contributed by atoms with Crippen LogP contribution in [0.1, 0.15) is 45.4 Å². The van der Waals surface area contributed by atoms with Crippen molar-refractivity contribution in [3.8, 4) is 0 Å². The Hall–Kier alpha value is -0.860. The van der Waals surface area contributed by atoms with Crippen LogP contribution in [0.25, 0.3) is 0 Å². The zero-order valence-corrected chi connectivity index (χ0v) is 16.6. The molecule has 0 bridgehead atoms. The van der Waals surface area contributed by atoms with E-state index in [0.717, 1.165) is 12.5 Å². The maximum absolute atomic E-state index is 11.0. The largest absolute Gasteiger partial charge is 0.379 e. The molecule has 1 fully saturated rings. The highest BCUT2D eigenvalue weighted by Gasteiger charge is 2.11. The lowest BCUT2D eigenvalue weighted by molar-refractivity contribution is 0.0487. The molecule has 1 rings (SSSR count). The van der Waals surface area contributed by atoms with Crippen molar-refractivity contribution in [1.82, 2.24) is 10.6 Å². The van der Waals surface area contributed by atoms with E-state index >= 15 is 0 Å². The Labute approximate surface area is 152 Å². The Morgan fingerprint density at radius 3 is 2.44 bits per heavy atom. The molecule has 148 valence electrons. The molecule has 1 aliphatic carbocycles. The van der Waals surface area contributed by atoms with Crippen molar-refractivity contribution in [3.63, 3.8) is 0 Å². The Morgan fingerprint density at radius 1 is 1.08 bits per heavy atom. The van der Waals surface area contributed by atoms with Crippen LogP contribution in [0.3, 0.4) is 0 Å². The van der Waals surface area contributed by atoms with Crippen LogP contribution in [-0.4, -0.2) is 71.9 Å². The number of nitrogens with one attached hydrogen (secondary N) is 2. The molecule has 0 heterocycles. The maximum Gasteiger partial charge on any atom is 0.191 e. The molecule has 2 N–H and O–H groups in total. The van der Waals surface area contributed by atoms with Crippen LogP contribution in [0.15, 0.2) is 4.99 Å². The standard InChI is InChI=1S/C17H35N3O4S/c1-3-18-17(19-10-12-23-14-15-25(2,21)22)20-11-13-24-16-8-6-4-5-7-9-16/h16H,3-15H2,1-2H3,(H2,18,19,20). The van der Waals surface area contributed by atoms with Gasteiger partial charge in [-0.05, 0) is 19.8 Å². The third-order valence-corrected chi connectivity index (χ3v) is 4.91. The van der Waals surface area contributed by atoms with Crippen molar-refractivity contribution in [2.24, 2.45) is 4.99 Å². The zero-order valence-electron chi connectivity index (χ0n) is 15.8. The molecule has 1 saturated carbocycles. The molecule has 1 aliphatic rings. The highest BCUT2D eigenvalue weighted by atomic mass is 32.2. The van der Waals surface area contributed by atoms with Gasteiger partial charge in [0.2, 0.25) is 0 Å². The Balaban J connectivity index is 2.15. The first-order valence-electron chi connectivity index (χ1n) is 9.40. The molecule has 0 atom stereocenters. The lowest BCUT2D eigenvalue weighted by Crippen LogP contribution is -2.39. The van der Waals surface area contributed by atoms with Crippen molar-refractivity contribution in [2.75, 3.05) is 51.5 Å². The van der Waals surface area contributed by atoms with Crippen molar-refractivity contribution >= 4 is 15.8 Å². The van der Waals surface area contributed by atoms with Crippen LogP contribution in [-0.2, 0) is 19.3 Å². The van der Waals surface area contributed by atoms with E-state index in [1.807, 2.05) is 6.92 Å². The predicted octanol–water partition coefficient (Wildman–Crippen LogP) is 1.34. The number of hydrogen-bond donors (Lipinski definition) is 2. The van der Waals surface area contributed by atoms with Gasteiger partial charge in [0.15, 0.2) is 5.96 Å². The number of aliphatic imine (C=N–C) groups is 1. The zero-order chi connectivity index (χ0) is 18.4. The van der Waals surface area contributed by atoms with Gasteiger partial charge < -0.3 is 20.1 Å². The first-order valence-corrected chi connectivity index (χ1v) is 11.5. The van der Waals surface area contributed by atoms with Gasteiger partial charge in [-0.15, -0.1) is 0 Å². The van der Waals surface area contributed by atoms with Crippen molar-refractivity contribution in [3.05, 3.63) is 0 Å². The normalized spacial score (nSPS) is 17.3. The molecule has 7 nitrogen and oxygen atoms in total. The second kappa shape index (κ2) is 13.4. The topological polar surface area (TPSA) is 89.0 Å². The number of ether oxygens (including phenoxy) is 2. The first-order chi connectivity index (χ1) is 12.0. The summed E-state index contributed by atoms with van der Waals surface area (Å²) in [7, 11) is -2.96. The van der Waals surface area contributed by atoms with Crippen LogP contribution < -0.4 is 10.6 Å². The summed E-state index contributed by atoms with van der Waals surface area (Å²) in [5.41, 5.74) is 0. The highest BCUT2D eigenvalue weighted by Crippen LogP contribution is 2.19. The third kappa shape index (κ3) is 13.1. The Kier molecular flexibility index (Phi) is 11.9. The van der Waals surface area contributed by atoms with E-state index in [1.165, 1.54) is 44.8 Å². The molecule has 0 aromatic rings. The minimum absolute atomic E-state index is 0.0552. The molecule has 0 aromatic heterocycles. The summed E-state index contributed by atoms with van der Waals surface area (Å²) < 4.78 is 33.2. The average Bonchev–Trinajstić information content (AvgIpc) is 2.82. The smallest absolute Gasteiger partial charge is 0.191 e. The lowest BCUT2D eigenvalue weighted by Gasteiger charge is -2.15. The minimum Gasteiger partial charge on any atom is -0.379 e. The van der Waals surface area contributed by atoms with E-state index in [2.05, 4.69) is 15.6 Å². The fraction of sp³-hybridized carbons (Fsp3) is 0.941. The summed E-state index contributed by atoms with van der Waals surface area (Å²) in [5.74, 6) is 0.790. The summed E-state index contributed by atoms with van der Waals surface area (Å²) in [6, 6.07) is 0. The van der Waals surface area contributed by atoms with E-state index in [-0.39, 0.29) is 12.4 Å². The van der Waals surface area contributed by atoms with Gasteiger partial charge in [0.05, 0.1) is 38.2 Å². The third-order valence-electron chi connectivity index (χ3n) is 4.00. The van der Waals surface area contributed by atoms with Crippen LogP contribution >= 0.6 is 0 Å². The number of nitrogens with zero attached hydrogens (tertiary/aromatic N) is 1. The van der Waals surface area contributed by atoms with Gasteiger partial charge in [0, 0.05) is 19.3 Å². The molecule has 0 aliphatic heterocycles. The molecule has 0 unspecified atom stereocenters. The van der Waals surface area contributed by atoms with Crippen molar-refractivity contribution in [1.29, 1.82) is 0 Å². The fourth-order valence-corrected chi connectivity index (χ4v) is 3.10. The fourth-order valence-electron chi connectivity index (χ4n) is 2.68. The summed E-state index contributed by atoms with van der Waals surface area (Å²) in [5, 5.41) is 6.35. The van der Waals surface area contributed by atoms with E-state index in [1.54, 1.807) is 0 Å². The monoisotopic (exact) mass is 377 g/mol. The lowest BCUT2D eigenvalue weighted by atomic mass is 10.1. The number of guanidine groups is 1. The van der Waals surface area contributed by atoms with Gasteiger partial charge in [-0.1, -0.05) is 25.7 Å². The van der Waals surface area contributed by atoms with Gasteiger partial charge in [-0.2, -0.15) is 0 Å². The highest BCUT2D eigenvalue weighted by molar-refractivity contribution is 7.90.